The standard InChI is InChI=1S/C12H12Cl2N2O2/c1-2-15-5-6-16(12(15)18)11(17)9-4-3-8(13)7-10(9)14/h3-4,7H,2,5-6H2,1H3. The Hall–Kier alpha value is -1.26. The summed E-state index contributed by atoms with van der Waals surface area (Å²) in [5.74, 6) is -0.377. The quantitative estimate of drug-likeness (QED) is 0.839. The first-order valence-corrected chi connectivity index (χ1v) is 6.36. The van der Waals surface area contributed by atoms with Gasteiger partial charge in [0.2, 0.25) is 0 Å². The van der Waals surface area contributed by atoms with Crippen molar-refractivity contribution in [2.45, 2.75) is 6.92 Å². The number of amides is 3. The molecule has 1 fully saturated rings. The number of urea groups is 1. The van der Waals surface area contributed by atoms with Crippen molar-refractivity contribution in [2.24, 2.45) is 0 Å². The molecular weight excluding hydrogens is 275 g/mol. The molecule has 0 aromatic heterocycles. The Morgan fingerprint density at radius 2 is 2.06 bits per heavy atom. The number of nitrogens with zero attached hydrogens (tertiary/aromatic N) is 2. The largest absolute Gasteiger partial charge is 0.327 e. The third kappa shape index (κ3) is 2.31. The highest BCUT2D eigenvalue weighted by Crippen LogP contribution is 2.23. The van der Waals surface area contributed by atoms with Crippen LogP contribution in [-0.2, 0) is 0 Å². The number of likely N-dealkylation sites (N-methyl/N-ethyl adjacent to an activating group) is 1. The summed E-state index contributed by atoms with van der Waals surface area (Å²) >= 11 is 11.7. The van der Waals surface area contributed by atoms with Gasteiger partial charge in [0.25, 0.3) is 5.91 Å². The number of carbonyl (C=O) groups is 2. The SMILES string of the molecule is CCN1CCN(C(=O)c2ccc(Cl)cc2Cl)C1=O. The number of hydrogen-bond acceptors (Lipinski definition) is 2. The Balaban J connectivity index is 2.25. The van der Waals surface area contributed by atoms with Crippen LogP contribution in [0, 0.1) is 0 Å². The summed E-state index contributed by atoms with van der Waals surface area (Å²) < 4.78 is 0. The molecule has 0 aliphatic carbocycles. The summed E-state index contributed by atoms with van der Waals surface area (Å²) in [5.41, 5.74) is 0.298. The zero-order valence-corrected chi connectivity index (χ0v) is 11.3. The van der Waals surface area contributed by atoms with E-state index in [1.165, 1.54) is 17.0 Å². The van der Waals surface area contributed by atoms with Gasteiger partial charge in [-0.15, -0.1) is 0 Å². The van der Waals surface area contributed by atoms with E-state index in [9.17, 15) is 9.59 Å². The number of hydrogen-bond donors (Lipinski definition) is 0. The zero-order valence-electron chi connectivity index (χ0n) is 9.82. The van der Waals surface area contributed by atoms with Crippen LogP contribution in [0.1, 0.15) is 17.3 Å². The fraction of sp³-hybridized carbons (Fsp3) is 0.333. The lowest BCUT2D eigenvalue weighted by Gasteiger charge is -2.16. The predicted octanol–water partition coefficient (Wildman–Crippen LogP) is 2.89. The fourth-order valence-electron chi connectivity index (χ4n) is 1.87. The topological polar surface area (TPSA) is 40.6 Å². The highest BCUT2D eigenvalue weighted by Gasteiger charge is 2.33. The van der Waals surface area contributed by atoms with Crippen molar-refractivity contribution < 1.29 is 9.59 Å². The van der Waals surface area contributed by atoms with Crippen molar-refractivity contribution in [1.82, 2.24) is 9.80 Å². The highest BCUT2D eigenvalue weighted by atomic mass is 35.5. The first-order valence-electron chi connectivity index (χ1n) is 5.60. The van der Waals surface area contributed by atoms with Crippen molar-refractivity contribution in [3.05, 3.63) is 33.8 Å². The molecule has 0 spiro atoms. The van der Waals surface area contributed by atoms with Crippen LogP contribution in [0.15, 0.2) is 18.2 Å². The number of carbonyl (C=O) groups excluding carboxylic acids is 2. The van der Waals surface area contributed by atoms with E-state index >= 15 is 0 Å². The van der Waals surface area contributed by atoms with Gasteiger partial charge < -0.3 is 4.90 Å². The third-order valence-corrected chi connectivity index (χ3v) is 3.43. The van der Waals surface area contributed by atoms with Crippen molar-refractivity contribution in [1.29, 1.82) is 0 Å². The van der Waals surface area contributed by atoms with E-state index in [0.29, 0.717) is 30.2 Å². The van der Waals surface area contributed by atoms with E-state index in [1.807, 2.05) is 6.92 Å². The fourth-order valence-corrected chi connectivity index (χ4v) is 2.36. The summed E-state index contributed by atoms with van der Waals surface area (Å²) in [6.45, 7) is 3.43. The maximum Gasteiger partial charge on any atom is 0.327 e. The van der Waals surface area contributed by atoms with Gasteiger partial charge in [0.15, 0.2) is 0 Å². The molecule has 1 heterocycles. The van der Waals surface area contributed by atoms with Crippen LogP contribution < -0.4 is 0 Å². The van der Waals surface area contributed by atoms with Crippen molar-refractivity contribution in [2.75, 3.05) is 19.6 Å². The first kappa shape index (κ1) is 13.2. The van der Waals surface area contributed by atoms with Gasteiger partial charge in [0.05, 0.1) is 10.6 Å². The van der Waals surface area contributed by atoms with E-state index in [4.69, 9.17) is 23.2 Å². The van der Waals surface area contributed by atoms with Crippen LogP contribution in [0.2, 0.25) is 10.0 Å². The summed E-state index contributed by atoms with van der Waals surface area (Å²) in [7, 11) is 0. The van der Waals surface area contributed by atoms with E-state index in [0.717, 1.165) is 0 Å². The van der Waals surface area contributed by atoms with E-state index < -0.39 is 0 Å². The summed E-state index contributed by atoms with van der Waals surface area (Å²) in [4.78, 5) is 26.9. The predicted molar refractivity (Wildman–Crippen MR) is 70.1 cm³/mol. The molecule has 2 rings (SSSR count). The second-order valence-electron chi connectivity index (χ2n) is 3.94. The number of benzene rings is 1. The third-order valence-electron chi connectivity index (χ3n) is 2.88. The lowest BCUT2D eigenvalue weighted by Crippen LogP contribution is -2.36. The van der Waals surface area contributed by atoms with E-state index in [-0.39, 0.29) is 17.0 Å². The van der Waals surface area contributed by atoms with Crippen LogP contribution >= 0.6 is 23.2 Å². The maximum absolute atomic E-state index is 12.2. The molecule has 1 aromatic rings. The molecule has 1 aliphatic heterocycles. The van der Waals surface area contributed by atoms with Gasteiger partial charge >= 0.3 is 6.03 Å². The molecule has 96 valence electrons. The zero-order chi connectivity index (χ0) is 13.3. The number of rotatable bonds is 2. The highest BCUT2D eigenvalue weighted by molar-refractivity contribution is 6.37. The molecule has 4 nitrogen and oxygen atoms in total. The van der Waals surface area contributed by atoms with Crippen molar-refractivity contribution in [3.8, 4) is 0 Å². The Kier molecular flexibility index (Phi) is 3.78. The average Bonchev–Trinajstić information content (AvgIpc) is 2.69. The minimum Gasteiger partial charge on any atom is -0.323 e. The molecule has 0 N–H and O–H groups in total. The molecule has 0 bridgehead atoms. The van der Waals surface area contributed by atoms with Gasteiger partial charge in [-0.2, -0.15) is 0 Å². The molecule has 0 saturated carbocycles. The van der Waals surface area contributed by atoms with Crippen molar-refractivity contribution in [3.63, 3.8) is 0 Å². The number of halogens is 2. The van der Waals surface area contributed by atoms with Crippen LogP contribution in [0.4, 0.5) is 4.79 Å². The van der Waals surface area contributed by atoms with Gasteiger partial charge in [0, 0.05) is 24.7 Å². The van der Waals surface area contributed by atoms with Gasteiger partial charge in [-0.3, -0.25) is 9.69 Å². The lowest BCUT2D eigenvalue weighted by atomic mass is 10.2. The summed E-state index contributed by atoms with van der Waals surface area (Å²) in [6.07, 6.45) is 0. The maximum atomic E-state index is 12.2. The normalized spacial score (nSPS) is 15.4. The Morgan fingerprint density at radius 3 is 2.61 bits per heavy atom. The molecule has 6 heteroatoms. The molecule has 1 saturated heterocycles. The van der Waals surface area contributed by atoms with Gasteiger partial charge in [-0.25, -0.2) is 4.79 Å². The number of imide groups is 1. The summed E-state index contributed by atoms with van der Waals surface area (Å²) in [5, 5.41) is 0.717. The second-order valence-corrected chi connectivity index (χ2v) is 4.79. The van der Waals surface area contributed by atoms with Gasteiger partial charge in [-0.1, -0.05) is 23.2 Å². The Labute approximate surface area is 115 Å². The van der Waals surface area contributed by atoms with Crippen LogP contribution in [0.5, 0.6) is 0 Å². The van der Waals surface area contributed by atoms with Crippen molar-refractivity contribution >= 4 is 35.1 Å². The molecule has 3 amide bonds. The molecule has 1 aromatic carbocycles. The molecular formula is C12H12Cl2N2O2. The average molecular weight is 287 g/mol. The molecule has 18 heavy (non-hydrogen) atoms. The molecule has 1 aliphatic rings. The molecule has 0 atom stereocenters. The second kappa shape index (κ2) is 5.16. The Morgan fingerprint density at radius 1 is 1.33 bits per heavy atom. The van der Waals surface area contributed by atoms with Gasteiger partial charge in [-0.05, 0) is 25.1 Å². The minimum atomic E-state index is -0.377. The van der Waals surface area contributed by atoms with E-state index in [2.05, 4.69) is 0 Å². The van der Waals surface area contributed by atoms with Crippen LogP contribution in [0.3, 0.4) is 0 Å². The lowest BCUT2D eigenvalue weighted by molar-refractivity contribution is 0.0823. The molecule has 0 unspecified atom stereocenters. The molecule has 0 radical (unpaired) electrons. The van der Waals surface area contributed by atoms with E-state index in [1.54, 1.807) is 11.0 Å². The Bertz CT molecular complexity index is 505. The monoisotopic (exact) mass is 286 g/mol. The first-order chi connectivity index (χ1) is 8.54. The minimum absolute atomic E-state index is 0.259. The van der Waals surface area contributed by atoms with Crippen LogP contribution in [0.25, 0.3) is 0 Å². The smallest absolute Gasteiger partial charge is 0.323 e. The summed E-state index contributed by atoms with van der Waals surface area (Å²) in [6, 6.07) is 4.34. The van der Waals surface area contributed by atoms with Gasteiger partial charge in [0.1, 0.15) is 0 Å². The van der Waals surface area contributed by atoms with Crippen LogP contribution in [-0.4, -0.2) is 41.4 Å².